The highest BCUT2D eigenvalue weighted by Crippen LogP contribution is 2.22. The third-order valence-corrected chi connectivity index (χ3v) is 4.25. The zero-order valence-corrected chi connectivity index (χ0v) is 13.8. The van der Waals surface area contributed by atoms with Crippen molar-refractivity contribution in [1.29, 1.82) is 0 Å². The molecule has 1 fully saturated rings. The lowest BCUT2D eigenvalue weighted by atomic mass is 9.93. The first kappa shape index (κ1) is 17.3. The van der Waals surface area contributed by atoms with E-state index < -0.39 is 12.1 Å². The number of hydrogen-bond donors (Lipinski definition) is 1. The van der Waals surface area contributed by atoms with E-state index in [-0.39, 0.29) is 18.2 Å². The summed E-state index contributed by atoms with van der Waals surface area (Å²) < 4.78 is 5.76. The number of benzene rings is 1. The van der Waals surface area contributed by atoms with Gasteiger partial charge in [-0.15, -0.1) is 0 Å². The molecular formula is C18H25NO4. The zero-order chi connectivity index (χ0) is 16.8. The van der Waals surface area contributed by atoms with Crippen molar-refractivity contribution in [1.82, 2.24) is 4.90 Å². The minimum atomic E-state index is -0.774. The summed E-state index contributed by atoms with van der Waals surface area (Å²) >= 11 is 0. The first-order valence-electron chi connectivity index (χ1n) is 8.19. The number of rotatable bonds is 6. The molecule has 5 nitrogen and oxygen atoms in total. The molecule has 1 heterocycles. The van der Waals surface area contributed by atoms with Crippen LogP contribution in [-0.2, 0) is 9.59 Å². The molecule has 1 N–H and O–H groups in total. The van der Waals surface area contributed by atoms with Gasteiger partial charge in [0.1, 0.15) is 5.75 Å². The van der Waals surface area contributed by atoms with Crippen molar-refractivity contribution in [2.24, 2.45) is 5.92 Å². The Morgan fingerprint density at radius 3 is 2.91 bits per heavy atom. The number of nitrogens with zero attached hydrogens (tertiary/aromatic N) is 1. The molecule has 0 saturated carbocycles. The van der Waals surface area contributed by atoms with Crippen molar-refractivity contribution in [3.05, 3.63) is 29.8 Å². The van der Waals surface area contributed by atoms with Gasteiger partial charge in [-0.05, 0) is 56.7 Å². The van der Waals surface area contributed by atoms with Gasteiger partial charge in [0, 0.05) is 19.5 Å². The van der Waals surface area contributed by atoms with Gasteiger partial charge in [0.05, 0.1) is 0 Å². The minimum Gasteiger partial charge on any atom is -0.481 e. The number of piperidine rings is 1. The Kier molecular flexibility index (Phi) is 6.02. The molecule has 0 bridgehead atoms. The van der Waals surface area contributed by atoms with Crippen molar-refractivity contribution in [2.75, 3.05) is 13.1 Å². The molecule has 1 aromatic rings. The number of carboxylic acid groups (broad SMARTS) is 1. The number of carbonyl (C=O) groups excluding carboxylic acids is 1. The fourth-order valence-electron chi connectivity index (χ4n) is 3.03. The zero-order valence-electron chi connectivity index (χ0n) is 13.8. The van der Waals surface area contributed by atoms with Crippen LogP contribution in [0, 0.1) is 12.8 Å². The lowest BCUT2D eigenvalue weighted by molar-refractivity contribution is -0.140. The molecule has 5 heteroatoms. The van der Waals surface area contributed by atoms with E-state index in [1.165, 1.54) is 0 Å². The lowest BCUT2D eigenvalue weighted by Crippen LogP contribution is -2.45. The third-order valence-electron chi connectivity index (χ3n) is 4.25. The van der Waals surface area contributed by atoms with Crippen LogP contribution in [0.2, 0.25) is 0 Å². The summed E-state index contributed by atoms with van der Waals surface area (Å²) in [4.78, 5) is 25.1. The summed E-state index contributed by atoms with van der Waals surface area (Å²) in [7, 11) is 0. The summed E-state index contributed by atoms with van der Waals surface area (Å²) in [5.74, 6) is 0.177. The maximum Gasteiger partial charge on any atom is 0.303 e. The third kappa shape index (κ3) is 5.27. The molecule has 0 radical (unpaired) electrons. The minimum absolute atomic E-state index is 0.0217. The van der Waals surface area contributed by atoms with Crippen LogP contribution in [-0.4, -0.2) is 41.1 Å². The fourth-order valence-corrected chi connectivity index (χ4v) is 3.03. The molecule has 1 saturated heterocycles. The van der Waals surface area contributed by atoms with Crippen molar-refractivity contribution >= 4 is 11.9 Å². The lowest BCUT2D eigenvalue weighted by Gasteiger charge is -2.34. The Bertz CT molecular complexity index is 558. The van der Waals surface area contributed by atoms with Crippen LogP contribution < -0.4 is 4.74 Å². The quantitative estimate of drug-likeness (QED) is 0.875. The van der Waals surface area contributed by atoms with Crippen LogP contribution in [0.4, 0.5) is 0 Å². The second-order valence-electron chi connectivity index (χ2n) is 6.30. The predicted octanol–water partition coefficient (Wildman–Crippen LogP) is 2.87. The molecule has 23 heavy (non-hydrogen) atoms. The van der Waals surface area contributed by atoms with Crippen LogP contribution in [0.1, 0.15) is 38.2 Å². The molecule has 1 aromatic carbocycles. The second kappa shape index (κ2) is 7.99. The van der Waals surface area contributed by atoms with Gasteiger partial charge in [0.25, 0.3) is 5.91 Å². The number of amides is 1. The highest BCUT2D eigenvalue weighted by molar-refractivity contribution is 5.81. The van der Waals surface area contributed by atoms with E-state index in [4.69, 9.17) is 9.84 Å². The summed E-state index contributed by atoms with van der Waals surface area (Å²) in [5, 5.41) is 8.79. The average Bonchev–Trinajstić information content (AvgIpc) is 2.52. The first-order chi connectivity index (χ1) is 11.0. The van der Waals surface area contributed by atoms with Crippen molar-refractivity contribution in [3.63, 3.8) is 0 Å². The molecule has 2 atom stereocenters. The van der Waals surface area contributed by atoms with Crippen LogP contribution >= 0.6 is 0 Å². The molecule has 0 spiro atoms. The van der Waals surface area contributed by atoms with E-state index in [0.29, 0.717) is 18.7 Å². The average molecular weight is 319 g/mol. The van der Waals surface area contributed by atoms with Gasteiger partial charge in [-0.25, -0.2) is 0 Å². The predicted molar refractivity (Wildman–Crippen MR) is 87.4 cm³/mol. The maximum absolute atomic E-state index is 12.6. The van der Waals surface area contributed by atoms with E-state index in [0.717, 1.165) is 24.9 Å². The van der Waals surface area contributed by atoms with Gasteiger partial charge in [-0.3, -0.25) is 9.59 Å². The molecule has 1 aliphatic rings. The van der Waals surface area contributed by atoms with E-state index in [1.54, 1.807) is 6.92 Å². The normalized spacial score (nSPS) is 19.2. The first-order valence-corrected chi connectivity index (χ1v) is 8.19. The number of hydrogen-bond acceptors (Lipinski definition) is 3. The fraction of sp³-hybridized carbons (Fsp3) is 0.556. The molecule has 126 valence electrons. The van der Waals surface area contributed by atoms with E-state index in [9.17, 15) is 9.59 Å². The largest absolute Gasteiger partial charge is 0.481 e. The van der Waals surface area contributed by atoms with Gasteiger partial charge < -0.3 is 14.7 Å². The van der Waals surface area contributed by atoms with Crippen molar-refractivity contribution < 1.29 is 19.4 Å². The molecule has 1 aliphatic heterocycles. The van der Waals surface area contributed by atoms with Gasteiger partial charge in [0.15, 0.2) is 6.10 Å². The Hall–Kier alpha value is -2.04. The molecule has 0 aromatic heterocycles. The Morgan fingerprint density at radius 2 is 2.22 bits per heavy atom. The van der Waals surface area contributed by atoms with Crippen LogP contribution in [0.3, 0.4) is 0 Å². The van der Waals surface area contributed by atoms with E-state index in [1.807, 2.05) is 36.1 Å². The van der Waals surface area contributed by atoms with Gasteiger partial charge in [-0.2, -0.15) is 0 Å². The smallest absolute Gasteiger partial charge is 0.303 e. The van der Waals surface area contributed by atoms with Gasteiger partial charge in [0.2, 0.25) is 0 Å². The summed E-state index contributed by atoms with van der Waals surface area (Å²) in [6, 6.07) is 7.65. The van der Waals surface area contributed by atoms with Crippen LogP contribution in [0.15, 0.2) is 24.3 Å². The summed E-state index contributed by atoms with van der Waals surface area (Å²) in [6.45, 7) is 5.11. The molecule has 0 unspecified atom stereocenters. The number of aliphatic carboxylic acids is 1. The SMILES string of the molecule is Cc1cccc(O[C@H](C)C(=O)N2CCC[C@@H](CCC(=O)O)C2)c1. The number of ether oxygens (including phenoxy) is 1. The number of aryl methyl sites for hydroxylation is 1. The second-order valence-corrected chi connectivity index (χ2v) is 6.30. The van der Waals surface area contributed by atoms with Crippen LogP contribution in [0.25, 0.3) is 0 Å². The topological polar surface area (TPSA) is 66.8 Å². The van der Waals surface area contributed by atoms with Crippen molar-refractivity contribution in [2.45, 2.75) is 45.6 Å². The molecule has 1 amide bonds. The highest BCUT2D eigenvalue weighted by Gasteiger charge is 2.28. The monoisotopic (exact) mass is 319 g/mol. The summed E-state index contributed by atoms with van der Waals surface area (Å²) in [6.07, 6.45) is 2.18. The molecule has 0 aliphatic carbocycles. The maximum atomic E-state index is 12.6. The Balaban J connectivity index is 1.89. The number of carbonyl (C=O) groups is 2. The highest BCUT2D eigenvalue weighted by atomic mass is 16.5. The van der Waals surface area contributed by atoms with Crippen LogP contribution in [0.5, 0.6) is 5.75 Å². The van der Waals surface area contributed by atoms with Gasteiger partial charge >= 0.3 is 5.97 Å². The standard InChI is InChI=1S/C18H25NO4/c1-13-5-3-7-16(11-13)23-14(2)18(22)19-10-4-6-15(12-19)8-9-17(20)21/h3,5,7,11,14-15H,4,6,8-10,12H2,1-2H3,(H,20,21)/t14-,15+/m1/s1. The number of likely N-dealkylation sites (tertiary alicyclic amines) is 1. The Labute approximate surface area is 137 Å². The van der Waals surface area contributed by atoms with Crippen molar-refractivity contribution in [3.8, 4) is 5.75 Å². The summed E-state index contributed by atoms with van der Waals surface area (Å²) in [5.41, 5.74) is 1.09. The molecular weight excluding hydrogens is 294 g/mol. The van der Waals surface area contributed by atoms with E-state index >= 15 is 0 Å². The van der Waals surface area contributed by atoms with Gasteiger partial charge in [-0.1, -0.05) is 12.1 Å². The number of carboxylic acids is 1. The van der Waals surface area contributed by atoms with E-state index in [2.05, 4.69) is 0 Å². The Morgan fingerprint density at radius 1 is 1.43 bits per heavy atom. The molecule has 2 rings (SSSR count).